The van der Waals surface area contributed by atoms with Crippen molar-refractivity contribution >= 4 is 16.4 Å². The highest BCUT2D eigenvalue weighted by Gasteiger charge is 2.24. The molecule has 0 aliphatic heterocycles. The number of hydrogen-bond donors (Lipinski definition) is 1. The van der Waals surface area contributed by atoms with Crippen molar-refractivity contribution in [1.82, 2.24) is 5.32 Å². The molecule has 23 heavy (non-hydrogen) atoms. The highest BCUT2D eigenvalue weighted by Crippen LogP contribution is 2.22. The van der Waals surface area contributed by atoms with E-state index < -0.39 is 16.4 Å². The summed E-state index contributed by atoms with van der Waals surface area (Å²) in [6, 6.07) is 7.23. The molecular weight excluding hydrogens is 316 g/mol. The van der Waals surface area contributed by atoms with Gasteiger partial charge >= 0.3 is 10.5 Å². The average molecular weight is 338 g/mol. The number of carbonyl (C=O) groups excluding carboxylic acids is 1. The summed E-state index contributed by atoms with van der Waals surface area (Å²) in [4.78, 5) is 12.6. The molecule has 1 aliphatic rings. The highest BCUT2D eigenvalue weighted by molar-refractivity contribution is 7.61. The molecule has 1 N–H and O–H groups in total. The van der Waals surface area contributed by atoms with Crippen LogP contribution in [0.15, 0.2) is 28.6 Å². The fraction of sp³-hybridized carbons (Fsp3) is 0.562. The lowest BCUT2D eigenvalue weighted by molar-refractivity contribution is -0.123. The van der Waals surface area contributed by atoms with Gasteiger partial charge in [-0.2, -0.15) is 12.8 Å². The largest absolute Gasteiger partial charge is 0.497 e. The van der Waals surface area contributed by atoms with Gasteiger partial charge in [0, 0.05) is 6.04 Å². The minimum atomic E-state index is -2.52. The zero-order valence-electron chi connectivity index (χ0n) is 13.2. The van der Waals surface area contributed by atoms with Gasteiger partial charge in [-0.25, -0.2) is 0 Å². The van der Waals surface area contributed by atoms with Crippen molar-refractivity contribution in [1.29, 1.82) is 0 Å². The topological polar surface area (TPSA) is 84.8 Å². The first kappa shape index (κ1) is 17.5. The highest BCUT2D eigenvalue weighted by atomic mass is 32.2. The van der Waals surface area contributed by atoms with E-state index in [0.717, 1.165) is 31.2 Å². The van der Waals surface area contributed by atoms with Gasteiger partial charge in [-0.3, -0.25) is 4.79 Å². The number of hydrogen-bond acceptors (Lipinski definition) is 5. The summed E-state index contributed by atoms with van der Waals surface area (Å²) >= 11 is 0. The van der Waals surface area contributed by atoms with Crippen molar-refractivity contribution in [3.63, 3.8) is 0 Å². The van der Waals surface area contributed by atoms with Crippen LogP contribution in [0.1, 0.15) is 43.6 Å². The lowest BCUT2D eigenvalue weighted by Crippen LogP contribution is -2.40. The standard InChI is InChI=1S/C16H22N2O4S/c1-22-14-9-7-12(8-10-14)15(11-17-23(20)21)16(19)18-13-5-3-2-4-6-13/h7-10,13,15H,2-6,11H2,1H3,(H,18,19). The van der Waals surface area contributed by atoms with Crippen LogP contribution in [-0.4, -0.2) is 34.0 Å². The molecule has 0 radical (unpaired) electrons. The van der Waals surface area contributed by atoms with Crippen molar-refractivity contribution in [3.8, 4) is 5.75 Å². The second-order valence-corrected chi connectivity index (χ2v) is 6.39. The van der Waals surface area contributed by atoms with Crippen LogP contribution in [0, 0.1) is 0 Å². The van der Waals surface area contributed by atoms with Gasteiger partial charge in [0.1, 0.15) is 5.75 Å². The van der Waals surface area contributed by atoms with Crippen LogP contribution >= 0.6 is 0 Å². The number of nitrogens with one attached hydrogen (secondary N) is 1. The summed E-state index contributed by atoms with van der Waals surface area (Å²) in [5, 5.41) is 3.04. The number of ether oxygens (including phenoxy) is 1. The van der Waals surface area contributed by atoms with Crippen molar-refractivity contribution in [2.75, 3.05) is 13.7 Å². The lowest BCUT2D eigenvalue weighted by atomic mass is 9.93. The minimum absolute atomic E-state index is 0.0823. The molecule has 1 unspecified atom stereocenters. The number of nitrogens with zero attached hydrogens (tertiary/aromatic N) is 1. The predicted molar refractivity (Wildman–Crippen MR) is 87.0 cm³/mol. The van der Waals surface area contributed by atoms with Gasteiger partial charge in [0.2, 0.25) is 5.91 Å². The number of benzene rings is 1. The summed E-state index contributed by atoms with van der Waals surface area (Å²) < 4.78 is 30.0. The molecule has 1 amide bonds. The Kier molecular flexibility index (Phi) is 6.58. The zero-order valence-corrected chi connectivity index (χ0v) is 14.0. The van der Waals surface area contributed by atoms with Crippen LogP contribution in [0.2, 0.25) is 0 Å². The van der Waals surface area contributed by atoms with Crippen molar-refractivity contribution in [2.45, 2.75) is 44.1 Å². The molecule has 126 valence electrons. The first-order valence-electron chi connectivity index (χ1n) is 7.81. The van der Waals surface area contributed by atoms with Crippen molar-refractivity contribution < 1.29 is 17.9 Å². The Hall–Kier alpha value is -1.89. The summed E-state index contributed by atoms with van der Waals surface area (Å²) in [5.41, 5.74) is 0.730. The fourth-order valence-corrected chi connectivity index (χ4v) is 3.13. The third kappa shape index (κ3) is 5.35. The molecule has 1 fully saturated rings. The maximum Gasteiger partial charge on any atom is 0.311 e. The van der Waals surface area contributed by atoms with Gasteiger partial charge in [0.15, 0.2) is 0 Å². The minimum Gasteiger partial charge on any atom is -0.497 e. The summed E-state index contributed by atoms with van der Waals surface area (Å²) in [5.74, 6) is -0.0958. The third-order valence-corrected chi connectivity index (χ3v) is 4.51. The molecule has 0 saturated heterocycles. The predicted octanol–water partition coefficient (Wildman–Crippen LogP) is 2.29. The Bertz CT molecular complexity index is 641. The maximum absolute atomic E-state index is 12.6. The number of amides is 1. The van der Waals surface area contributed by atoms with Crippen LogP contribution in [0.5, 0.6) is 5.75 Å². The molecule has 0 aromatic heterocycles. The Balaban J connectivity index is 2.14. The molecule has 1 aromatic rings. The Morgan fingerprint density at radius 2 is 1.91 bits per heavy atom. The molecule has 1 aromatic carbocycles. The van der Waals surface area contributed by atoms with E-state index in [1.54, 1.807) is 31.4 Å². The van der Waals surface area contributed by atoms with Gasteiger partial charge in [-0.05, 0) is 30.5 Å². The average Bonchev–Trinajstić information content (AvgIpc) is 2.56. The molecule has 0 heterocycles. The number of methoxy groups -OCH3 is 1. The van der Waals surface area contributed by atoms with E-state index in [0.29, 0.717) is 5.75 Å². The van der Waals surface area contributed by atoms with E-state index in [1.807, 2.05) is 0 Å². The molecule has 0 spiro atoms. The molecule has 1 atom stereocenters. The van der Waals surface area contributed by atoms with E-state index in [1.165, 1.54) is 6.42 Å². The van der Waals surface area contributed by atoms with E-state index in [4.69, 9.17) is 4.74 Å². The van der Waals surface area contributed by atoms with Crippen LogP contribution in [-0.2, 0) is 15.3 Å². The van der Waals surface area contributed by atoms with E-state index in [-0.39, 0.29) is 18.5 Å². The van der Waals surface area contributed by atoms with Gasteiger partial charge in [-0.1, -0.05) is 31.4 Å². The quantitative estimate of drug-likeness (QED) is 0.862. The lowest BCUT2D eigenvalue weighted by Gasteiger charge is -2.25. The zero-order chi connectivity index (χ0) is 16.7. The number of rotatable bonds is 6. The molecule has 1 aliphatic carbocycles. The molecule has 2 rings (SSSR count). The molecule has 0 bridgehead atoms. The third-order valence-electron chi connectivity index (χ3n) is 4.15. The Morgan fingerprint density at radius 3 is 2.48 bits per heavy atom. The SMILES string of the molecule is COc1ccc(C(CN=S(=O)=O)C(=O)NC2CCCCC2)cc1. The van der Waals surface area contributed by atoms with Crippen LogP contribution in [0.3, 0.4) is 0 Å². The smallest absolute Gasteiger partial charge is 0.311 e. The first-order chi connectivity index (χ1) is 11.1. The summed E-state index contributed by atoms with van der Waals surface area (Å²) in [7, 11) is -0.951. The van der Waals surface area contributed by atoms with E-state index in [9.17, 15) is 13.2 Å². The van der Waals surface area contributed by atoms with Gasteiger partial charge in [-0.15, -0.1) is 0 Å². The van der Waals surface area contributed by atoms with Crippen molar-refractivity contribution in [2.24, 2.45) is 4.36 Å². The number of carbonyl (C=O) groups is 1. The Labute approximate surface area is 137 Å². The summed E-state index contributed by atoms with van der Waals surface area (Å²) in [6.45, 7) is -0.0823. The summed E-state index contributed by atoms with van der Waals surface area (Å²) in [6.07, 6.45) is 5.40. The monoisotopic (exact) mass is 338 g/mol. The fourth-order valence-electron chi connectivity index (χ4n) is 2.86. The normalized spacial score (nSPS) is 16.4. The molecular formula is C16H22N2O4S. The first-order valence-corrected chi connectivity index (χ1v) is 8.84. The molecule has 7 heteroatoms. The second-order valence-electron chi connectivity index (χ2n) is 5.70. The van der Waals surface area contributed by atoms with Crippen LogP contribution in [0.4, 0.5) is 0 Å². The second kappa shape index (κ2) is 8.67. The maximum atomic E-state index is 12.6. The molecule has 1 saturated carbocycles. The van der Waals surface area contributed by atoms with Crippen LogP contribution in [0.25, 0.3) is 0 Å². The van der Waals surface area contributed by atoms with E-state index >= 15 is 0 Å². The Morgan fingerprint density at radius 1 is 1.26 bits per heavy atom. The van der Waals surface area contributed by atoms with Gasteiger partial charge in [0.05, 0.1) is 19.6 Å². The van der Waals surface area contributed by atoms with Crippen molar-refractivity contribution in [3.05, 3.63) is 29.8 Å². The van der Waals surface area contributed by atoms with Gasteiger partial charge in [0.25, 0.3) is 0 Å². The van der Waals surface area contributed by atoms with Crippen LogP contribution < -0.4 is 10.1 Å². The molecule has 6 nitrogen and oxygen atoms in total. The van der Waals surface area contributed by atoms with E-state index in [2.05, 4.69) is 9.68 Å². The van der Waals surface area contributed by atoms with Gasteiger partial charge < -0.3 is 10.1 Å².